The Morgan fingerprint density at radius 1 is 1.07 bits per heavy atom. The fraction of sp³-hybridized carbons (Fsp3) is 0.316. The van der Waals surface area contributed by atoms with Crippen molar-refractivity contribution in [1.29, 1.82) is 0 Å². The fourth-order valence-corrected chi connectivity index (χ4v) is 2.34. The van der Waals surface area contributed by atoms with Gasteiger partial charge in [0, 0.05) is 25.3 Å². The molecular formula is C19H22F3N3O2. The maximum absolute atomic E-state index is 12.6. The smallest absolute Gasteiger partial charge is 0.416 e. The summed E-state index contributed by atoms with van der Waals surface area (Å²) in [4.78, 5) is 4.12. The molecule has 0 fully saturated rings. The van der Waals surface area contributed by atoms with Gasteiger partial charge in [0.25, 0.3) is 0 Å². The Hall–Kier alpha value is -2.90. The standard InChI is InChI=1S/C19H22F3N3O2/c1-4-27-17-11-15(9-10-16(17)26-3)25-18(23-2)24-12-13-5-7-14(8-6-13)19(20,21)22/h5-11H,4,12H2,1-3H3,(H2,23,24,25). The average Bonchev–Trinajstić information content (AvgIpc) is 2.65. The number of halogens is 3. The van der Waals surface area contributed by atoms with Crippen molar-refractivity contribution in [2.75, 3.05) is 26.1 Å². The highest BCUT2D eigenvalue weighted by atomic mass is 19.4. The van der Waals surface area contributed by atoms with Gasteiger partial charge in [-0.1, -0.05) is 12.1 Å². The highest BCUT2D eigenvalue weighted by molar-refractivity contribution is 5.93. The number of ether oxygens (including phenoxy) is 2. The van der Waals surface area contributed by atoms with Crippen LogP contribution in [0, 0.1) is 0 Å². The van der Waals surface area contributed by atoms with Gasteiger partial charge in [-0.15, -0.1) is 0 Å². The van der Waals surface area contributed by atoms with Crippen LogP contribution in [0.2, 0.25) is 0 Å². The third-order valence-electron chi connectivity index (χ3n) is 3.69. The van der Waals surface area contributed by atoms with E-state index >= 15 is 0 Å². The maximum atomic E-state index is 12.6. The van der Waals surface area contributed by atoms with E-state index in [1.807, 2.05) is 13.0 Å². The lowest BCUT2D eigenvalue weighted by atomic mass is 10.1. The summed E-state index contributed by atoms with van der Waals surface area (Å²) in [6.45, 7) is 2.71. The van der Waals surface area contributed by atoms with Crippen molar-refractivity contribution in [3.05, 3.63) is 53.6 Å². The summed E-state index contributed by atoms with van der Waals surface area (Å²) in [7, 11) is 3.17. The van der Waals surface area contributed by atoms with Gasteiger partial charge in [0.05, 0.1) is 19.3 Å². The third kappa shape index (κ3) is 5.80. The number of hydrogen-bond donors (Lipinski definition) is 2. The molecule has 0 saturated heterocycles. The number of rotatable bonds is 6. The van der Waals surface area contributed by atoms with Crippen LogP contribution in [0.15, 0.2) is 47.5 Å². The topological polar surface area (TPSA) is 54.9 Å². The summed E-state index contributed by atoms with van der Waals surface area (Å²) < 4.78 is 48.6. The van der Waals surface area contributed by atoms with Crippen LogP contribution in [0.3, 0.4) is 0 Å². The number of benzene rings is 2. The minimum absolute atomic E-state index is 0.326. The lowest BCUT2D eigenvalue weighted by molar-refractivity contribution is -0.137. The quantitative estimate of drug-likeness (QED) is 0.579. The Balaban J connectivity index is 2.01. The van der Waals surface area contributed by atoms with Gasteiger partial charge in [0.2, 0.25) is 0 Å². The lowest BCUT2D eigenvalue weighted by Crippen LogP contribution is -2.30. The molecule has 0 atom stereocenters. The number of nitrogens with one attached hydrogen (secondary N) is 2. The van der Waals surface area contributed by atoms with Gasteiger partial charge in [0.15, 0.2) is 17.5 Å². The molecule has 5 nitrogen and oxygen atoms in total. The van der Waals surface area contributed by atoms with Crippen molar-refractivity contribution in [2.24, 2.45) is 4.99 Å². The van der Waals surface area contributed by atoms with Crippen molar-refractivity contribution in [2.45, 2.75) is 19.6 Å². The lowest BCUT2D eigenvalue weighted by Gasteiger charge is -2.15. The third-order valence-corrected chi connectivity index (χ3v) is 3.69. The number of alkyl halides is 3. The van der Waals surface area contributed by atoms with Gasteiger partial charge in [-0.3, -0.25) is 4.99 Å². The van der Waals surface area contributed by atoms with Crippen LogP contribution < -0.4 is 20.1 Å². The zero-order chi connectivity index (χ0) is 19.9. The molecule has 0 aliphatic carbocycles. The summed E-state index contributed by atoms with van der Waals surface area (Å²) in [6, 6.07) is 10.4. The van der Waals surface area contributed by atoms with Gasteiger partial charge in [-0.25, -0.2) is 0 Å². The highest BCUT2D eigenvalue weighted by Gasteiger charge is 2.29. The minimum Gasteiger partial charge on any atom is -0.493 e. The van der Waals surface area contributed by atoms with Crippen LogP contribution >= 0.6 is 0 Å². The van der Waals surface area contributed by atoms with Crippen LogP contribution in [0.25, 0.3) is 0 Å². The van der Waals surface area contributed by atoms with E-state index in [2.05, 4.69) is 15.6 Å². The Morgan fingerprint density at radius 3 is 2.33 bits per heavy atom. The molecule has 2 rings (SSSR count). The average molecular weight is 381 g/mol. The predicted molar refractivity (Wildman–Crippen MR) is 99.4 cm³/mol. The van der Waals surface area contributed by atoms with E-state index in [-0.39, 0.29) is 0 Å². The number of methoxy groups -OCH3 is 1. The molecule has 0 unspecified atom stereocenters. The first-order chi connectivity index (χ1) is 12.9. The minimum atomic E-state index is -4.34. The molecule has 0 aliphatic rings. The van der Waals surface area contributed by atoms with E-state index in [4.69, 9.17) is 9.47 Å². The van der Waals surface area contributed by atoms with Crippen LogP contribution in [0.1, 0.15) is 18.1 Å². The molecule has 0 aromatic heterocycles. The summed E-state index contributed by atoms with van der Waals surface area (Å²) in [6.07, 6.45) is -4.34. The van der Waals surface area contributed by atoms with E-state index < -0.39 is 11.7 Å². The maximum Gasteiger partial charge on any atom is 0.416 e. The van der Waals surface area contributed by atoms with Gasteiger partial charge in [-0.05, 0) is 36.8 Å². The number of hydrogen-bond acceptors (Lipinski definition) is 3. The molecular weight excluding hydrogens is 359 g/mol. The Morgan fingerprint density at radius 2 is 1.78 bits per heavy atom. The van der Waals surface area contributed by atoms with E-state index in [1.165, 1.54) is 12.1 Å². The molecule has 0 heterocycles. The van der Waals surface area contributed by atoms with Crippen LogP contribution in [-0.2, 0) is 12.7 Å². The molecule has 2 aromatic carbocycles. The van der Waals surface area contributed by atoms with Gasteiger partial charge in [0.1, 0.15) is 0 Å². The largest absolute Gasteiger partial charge is 0.493 e. The second kappa shape index (κ2) is 9.16. The van der Waals surface area contributed by atoms with Crippen molar-refractivity contribution in [3.8, 4) is 11.5 Å². The van der Waals surface area contributed by atoms with Crippen LogP contribution in [-0.4, -0.2) is 26.7 Å². The molecule has 27 heavy (non-hydrogen) atoms. The van der Waals surface area contributed by atoms with Crippen molar-refractivity contribution in [1.82, 2.24) is 5.32 Å². The van der Waals surface area contributed by atoms with Crippen molar-refractivity contribution >= 4 is 11.6 Å². The first-order valence-electron chi connectivity index (χ1n) is 8.32. The summed E-state index contributed by atoms with van der Waals surface area (Å²) in [5, 5.41) is 6.17. The Kier molecular flexibility index (Phi) is 6.92. The highest BCUT2D eigenvalue weighted by Crippen LogP contribution is 2.30. The Labute approximate surface area is 156 Å². The predicted octanol–water partition coefficient (Wildman–Crippen LogP) is 4.30. The Bertz CT molecular complexity index is 775. The normalized spacial score (nSPS) is 11.9. The van der Waals surface area contributed by atoms with Gasteiger partial charge >= 0.3 is 6.18 Å². The second-order valence-electron chi connectivity index (χ2n) is 5.54. The molecule has 0 spiro atoms. The molecule has 0 bridgehead atoms. The first kappa shape index (κ1) is 20.4. The summed E-state index contributed by atoms with van der Waals surface area (Å²) in [5.41, 5.74) is 0.769. The van der Waals surface area contributed by atoms with E-state index in [0.717, 1.165) is 17.8 Å². The molecule has 8 heteroatoms. The summed E-state index contributed by atoms with van der Waals surface area (Å²) >= 11 is 0. The first-order valence-corrected chi connectivity index (χ1v) is 8.32. The van der Waals surface area contributed by atoms with Gasteiger partial charge in [-0.2, -0.15) is 13.2 Å². The van der Waals surface area contributed by atoms with E-state index in [1.54, 1.807) is 26.3 Å². The van der Waals surface area contributed by atoms with E-state index in [0.29, 0.717) is 36.2 Å². The van der Waals surface area contributed by atoms with Crippen molar-refractivity contribution in [3.63, 3.8) is 0 Å². The monoisotopic (exact) mass is 381 g/mol. The number of anilines is 1. The van der Waals surface area contributed by atoms with Crippen LogP contribution in [0.4, 0.5) is 18.9 Å². The summed E-state index contributed by atoms with van der Waals surface area (Å²) in [5.74, 6) is 1.70. The zero-order valence-corrected chi connectivity index (χ0v) is 15.4. The molecule has 0 radical (unpaired) electrons. The fourth-order valence-electron chi connectivity index (χ4n) is 2.34. The molecule has 2 aromatic rings. The molecule has 0 amide bonds. The second-order valence-corrected chi connectivity index (χ2v) is 5.54. The molecule has 146 valence electrons. The number of aliphatic imine (C=N–C) groups is 1. The van der Waals surface area contributed by atoms with Gasteiger partial charge < -0.3 is 20.1 Å². The van der Waals surface area contributed by atoms with Crippen molar-refractivity contribution < 1.29 is 22.6 Å². The van der Waals surface area contributed by atoms with E-state index in [9.17, 15) is 13.2 Å². The molecule has 0 saturated carbocycles. The molecule has 2 N–H and O–H groups in total. The molecule has 0 aliphatic heterocycles. The SMILES string of the molecule is CCOc1cc(NC(=NC)NCc2ccc(C(F)(F)F)cc2)ccc1OC. The number of nitrogens with zero attached hydrogens (tertiary/aromatic N) is 1. The number of guanidine groups is 1. The van der Waals surface area contributed by atoms with Crippen LogP contribution in [0.5, 0.6) is 11.5 Å². The zero-order valence-electron chi connectivity index (χ0n) is 15.4.